The Kier molecular flexibility index (Phi) is 7.61. The van der Waals surface area contributed by atoms with Gasteiger partial charge in [-0.3, -0.25) is 0 Å². The zero-order chi connectivity index (χ0) is 38.9. The normalized spacial score (nSPS) is 16.6. The number of benzene rings is 9. The largest absolute Gasteiger partial charge is 0.354 e. The second-order valence-corrected chi connectivity index (χ2v) is 16.1. The molecule has 2 atom stereocenters. The molecule has 9 aromatic rings. The number of fused-ring (bicyclic) bond motifs is 6. The average Bonchev–Trinajstić information content (AvgIpc) is 3.60. The Hall–Kier alpha value is -7.42. The van der Waals surface area contributed by atoms with Crippen LogP contribution in [0, 0.1) is 5.92 Å². The van der Waals surface area contributed by atoms with Crippen LogP contribution in [0.4, 0.5) is 28.4 Å². The lowest BCUT2D eigenvalue weighted by Crippen LogP contribution is -2.35. The van der Waals surface area contributed by atoms with Gasteiger partial charge in [0.1, 0.15) is 0 Å². The maximum Gasteiger partial charge on any atom is 0.0525 e. The number of hydrogen-bond acceptors (Lipinski definition) is 2. The van der Waals surface area contributed by atoms with Crippen LogP contribution in [-0.2, 0) is 5.41 Å². The van der Waals surface area contributed by atoms with Gasteiger partial charge >= 0.3 is 0 Å². The van der Waals surface area contributed by atoms with E-state index in [2.05, 4.69) is 235 Å². The third kappa shape index (κ3) is 5.13. The summed E-state index contributed by atoms with van der Waals surface area (Å²) < 4.78 is 0. The zero-order valence-electron chi connectivity index (χ0n) is 32.5. The highest BCUT2D eigenvalue weighted by Gasteiger charge is 2.53. The molecular formula is C57H40N2. The highest BCUT2D eigenvalue weighted by molar-refractivity contribution is 6.16. The molecular weight excluding hydrogens is 713 g/mol. The second-order valence-electron chi connectivity index (χ2n) is 16.1. The minimum Gasteiger partial charge on any atom is -0.354 e. The van der Waals surface area contributed by atoms with Gasteiger partial charge in [0.05, 0.1) is 5.41 Å². The molecule has 1 N–H and O–H groups in total. The van der Waals surface area contributed by atoms with E-state index in [1.165, 1.54) is 66.1 Å². The predicted molar refractivity (Wildman–Crippen MR) is 248 cm³/mol. The lowest BCUT2D eigenvalue weighted by Gasteiger charge is -2.38. The summed E-state index contributed by atoms with van der Waals surface area (Å²) in [6, 6.07) is 74.0. The average molecular weight is 753 g/mol. The van der Waals surface area contributed by atoms with Crippen LogP contribution in [0.15, 0.2) is 224 Å². The Balaban J connectivity index is 0.976. The summed E-state index contributed by atoms with van der Waals surface area (Å²) in [6.07, 6.45) is 9.33. The number of nitrogens with zero attached hydrogens (tertiary/aromatic N) is 1. The number of para-hydroxylation sites is 1. The molecule has 1 heterocycles. The van der Waals surface area contributed by atoms with Crippen molar-refractivity contribution >= 4 is 50.0 Å². The van der Waals surface area contributed by atoms with Crippen molar-refractivity contribution in [2.45, 2.75) is 11.3 Å². The molecule has 0 saturated carbocycles. The lowest BCUT2D eigenvalue weighted by molar-refractivity contribution is 0.456. The smallest absolute Gasteiger partial charge is 0.0525 e. The lowest BCUT2D eigenvalue weighted by atomic mass is 9.63. The zero-order valence-corrected chi connectivity index (χ0v) is 32.5. The van der Waals surface area contributed by atoms with Crippen LogP contribution >= 0.6 is 0 Å². The highest BCUT2D eigenvalue weighted by atomic mass is 15.1. The van der Waals surface area contributed by atoms with Crippen molar-refractivity contribution in [3.05, 3.63) is 247 Å². The van der Waals surface area contributed by atoms with Crippen molar-refractivity contribution in [3.8, 4) is 22.3 Å². The first kappa shape index (κ1) is 33.7. The number of rotatable bonds is 6. The van der Waals surface area contributed by atoms with Crippen molar-refractivity contribution < 1.29 is 0 Å². The Morgan fingerprint density at radius 1 is 0.441 bits per heavy atom. The van der Waals surface area contributed by atoms with E-state index in [1.54, 1.807) is 0 Å². The van der Waals surface area contributed by atoms with Crippen LogP contribution in [0.1, 0.15) is 28.2 Å². The van der Waals surface area contributed by atoms with Gasteiger partial charge in [0.15, 0.2) is 0 Å². The molecule has 0 fully saturated rings. The number of allylic oxidation sites excluding steroid dienone is 4. The van der Waals surface area contributed by atoms with Crippen LogP contribution in [0.25, 0.3) is 43.8 Å². The molecule has 12 rings (SSSR count). The van der Waals surface area contributed by atoms with E-state index in [1.807, 2.05) is 0 Å². The summed E-state index contributed by atoms with van der Waals surface area (Å²) in [5.74, 6) is 0.487. The van der Waals surface area contributed by atoms with E-state index in [0.29, 0.717) is 0 Å². The summed E-state index contributed by atoms with van der Waals surface area (Å²) in [7, 11) is 0. The molecule has 2 heteroatoms. The molecule has 2 aliphatic carbocycles. The van der Waals surface area contributed by atoms with E-state index in [9.17, 15) is 0 Å². The Morgan fingerprint density at radius 2 is 1.08 bits per heavy atom. The molecule has 0 amide bonds. The molecule has 9 aromatic carbocycles. The minimum atomic E-state index is -0.314. The summed E-state index contributed by atoms with van der Waals surface area (Å²) in [5, 5.41) is 8.80. The number of anilines is 5. The second kappa shape index (κ2) is 13.3. The van der Waals surface area contributed by atoms with Gasteiger partial charge < -0.3 is 10.2 Å². The molecule has 0 radical (unpaired) electrons. The SMILES string of the molecule is C1=CC2c3cc(N(c4ccccc4)c4ccc(-c5ccc6c7c(cccc57)-c5cc7ccccc7cc5N6)cc4)ccc3C(c3ccccc3)(c3ccccc3)C2C=C1. The van der Waals surface area contributed by atoms with E-state index in [4.69, 9.17) is 0 Å². The molecule has 2 nitrogen and oxygen atoms in total. The predicted octanol–water partition coefficient (Wildman–Crippen LogP) is 15.0. The molecule has 278 valence electrons. The summed E-state index contributed by atoms with van der Waals surface area (Å²) in [4.78, 5) is 2.41. The fourth-order valence-corrected chi connectivity index (χ4v) is 10.6. The van der Waals surface area contributed by atoms with Gasteiger partial charge in [0.2, 0.25) is 0 Å². The van der Waals surface area contributed by atoms with Crippen LogP contribution in [0.3, 0.4) is 0 Å². The van der Waals surface area contributed by atoms with Crippen molar-refractivity contribution in [3.63, 3.8) is 0 Å². The molecule has 3 aliphatic rings. The Bertz CT molecular complexity index is 3090. The molecule has 59 heavy (non-hydrogen) atoms. The first-order chi connectivity index (χ1) is 29.3. The molecule has 0 saturated heterocycles. The Labute approximate surface area is 345 Å². The van der Waals surface area contributed by atoms with Gasteiger partial charge in [-0.2, -0.15) is 0 Å². The topological polar surface area (TPSA) is 15.3 Å². The summed E-state index contributed by atoms with van der Waals surface area (Å²) >= 11 is 0. The van der Waals surface area contributed by atoms with Crippen molar-refractivity contribution in [2.75, 3.05) is 10.2 Å². The van der Waals surface area contributed by atoms with Gasteiger partial charge in [0, 0.05) is 51.2 Å². The fraction of sp³-hybridized carbons (Fsp3) is 0.0526. The third-order valence-electron chi connectivity index (χ3n) is 13.1. The highest BCUT2D eigenvalue weighted by Crippen LogP contribution is 2.60. The standard InChI is InChI=1S/C57H40N2/c1-4-17-41(18-5-1)57(42-19-6-2-7-20-42)52-26-13-12-23-47(52)50-37-45(31-33-53(50)57)59(43-21-8-3-9-22-43)44-29-27-38(28-30-44)46-32-34-54-56-48(46)24-14-25-49(56)51-35-39-15-10-11-16-40(39)36-55(51)58-54/h1-37,47,52,58H. The van der Waals surface area contributed by atoms with Crippen LogP contribution in [-0.4, -0.2) is 0 Å². The maximum atomic E-state index is 3.78. The van der Waals surface area contributed by atoms with Crippen LogP contribution in [0.2, 0.25) is 0 Å². The third-order valence-corrected chi connectivity index (χ3v) is 13.1. The van der Waals surface area contributed by atoms with Gasteiger partial charge in [-0.15, -0.1) is 0 Å². The van der Waals surface area contributed by atoms with Crippen molar-refractivity contribution in [1.82, 2.24) is 0 Å². The van der Waals surface area contributed by atoms with E-state index in [0.717, 1.165) is 28.4 Å². The summed E-state index contributed by atoms with van der Waals surface area (Å²) in [5.41, 5.74) is 15.8. The molecule has 1 aliphatic heterocycles. The van der Waals surface area contributed by atoms with Gasteiger partial charge in [0.25, 0.3) is 0 Å². The molecule has 2 unspecified atom stereocenters. The number of hydrogen-bond donors (Lipinski definition) is 1. The molecule has 0 spiro atoms. The van der Waals surface area contributed by atoms with Gasteiger partial charge in [-0.25, -0.2) is 0 Å². The maximum absolute atomic E-state index is 3.78. The van der Waals surface area contributed by atoms with Crippen molar-refractivity contribution in [1.29, 1.82) is 0 Å². The Morgan fingerprint density at radius 3 is 1.83 bits per heavy atom. The number of nitrogens with one attached hydrogen (secondary N) is 1. The fourth-order valence-electron chi connectivity index (χ4n) is 10.6. The van der Waals surface area contributed by atoms with E-state index >= 15 is 0 Å². The van der Waals surface area contributed by atoms with Crippen LogP contribution in [0.5, 0.6) is 0 Å². The van der Waals surface area contributed by atoms with E-state index < -0.39 is 0 Å². The van der Waals surface area contributed by atoms with Gasteiger partial charge in [-0.1, -0.05) is 170 Å². The van der Waals surface area contributed by atoms with E-state index in [-0.39, 0.29) is 17.3 Å². The first-order valence-electron chi connectivity index (χ1n) is 20.7. The van der Waals surface area contributed by atoms with Gasteiger partial charge in [-0.05, 0) is 110 Å². The molecule has 0 bridgehead atoms. The van der Waals surface area contributed by atoms with Crippen molar-refractivity contribution in [2.24, 2.45) is 5.92 Å². The molecule has 0 aromatic heterocycles. The van der Waals surface area contributed by atoms with Crippen LogP contribution < -0.4 is 10.2 Å². The monoisotopic (exact) mass is 752 g/mol. The quantitative estimate of drug-likeness (QED) is 0.182. The summed E-state index contributed by atoms with van der Waals surface area (Å²) in [6.45, 7) is 0. The minimum absolute atomic E-state index is 0.239. The first-order valence-corrected chi connectivity index (χ1v) is 20.7.